The van der Waals surface area contributed by atoms with E-state index < -0.39 is 0 Å². The van der Waals surface area contributed by atoms with Crippen LogP contribution in [0.25, 0.3) is 0 Å². The van der Waals surface area contributed by atoms with Gasteiger partial charge in [-0.1, -0.05) is 6.07 Å². The van der Waals surface area contributed by atoms with Crippen LogP contribution in [0.2, 0.25) is 0 Å². The first-order valence-corrected chi connectivity index (χ1v) is 13.7. The molecule has 8 heteroatoms. The van der Waals surface area contributed by atoms with Gasteiger partial charge in [0, 0.05) is 56.2 Å². The van der Waals surface area contributed by atoms with Gasteiger partial charge in [0.1, 0.15) is 30.3 Å². The molecule has 7 nitrogen and oxygen atoms in total. The van der Waals surface area contributed by atoms with E-state index in [4.69, 9.17) is 4.74 Å². The van der Waals surface area contributed by atoms with Crippen LogP contribution in [0.5, 0.6) is 5.75 Å². The molecule has 1 unspecified atom stereocenters. The van der Waals surface area contributed by atoms with Crippen LogP contribution in [0, 0.1) is 0 Å². The number of nitrogens with one attached hydrogen (secondary N) is 2. The maximum Gasteiger partial charge on any atom is 0.146 e. The summed E-state index contributed by atoms with van der Waals surface area (Å²) in [6.07, 6.45) is 5.54. The summed E-state index contributed by atoms with van der Waals surface area (Å²) in [5.41, 5.74) is 5.04. The Kier molecular flexibility index (Phi) is 5.13. The standard InChI is InChI=1S/C25H32N6OS/c1-2-16(1)20-9-17(18-12-31(13-18)19-3-4-26-11-19)10-22-23(20)32-14-21-24(29-22)27-15-28-25(21)30-5-7-33-8-6-30/h9-10,15-16,18-19,26H,1-8,11-14H2,(H,27,28,29). The number of likely N-dealkylation sites (tertiary alicyclic amines) is 1. The molecule has 2 aromatic rings. The molecule has 0 radical (unpaired) electrons. The van der Waals surface area contributed by atoms with Crippen molar-refractivity contribution in [3.8, 4) is 5.75 Å². The maximum absolute atomic E-state index is 6.53. The summed E-state index contributed by atoms with van der Waals surface area (Å²) in [7, 11) is 0. The van der Waals surface area contributed by atoms with Crippen LogP contribution in [0.3, 0.4) is 0 Å². The van der Waals surface area contributed by atoms with E-state index in [0.717, 1.165) is 72.4 Å². The maximum atomic E-state index is 6.53. The first kappa shape index (κ1) is 20.4. The van der Waals surface area contributed by atoms with Crippen LogP contribution in [0.1, 0.15) is 47.8 Å². The molecule has 1 aliphatic carbocycles. The van der Waals surface area contributed by atoms with E-state index in [1.54, 1.807) is 6.33 Å². The summed E-state index contributed by atoms with van der Waals surface area (Å²) in [6, 6.07) is 5.52. The molecule has 174 valence electrons. The summed E-state index contributed by atoms with van der Waals surface area (Å²) >= 11 is 2.02. The molecule has 2 N–H and O–H groups in total. The van der Waals surface area contributed by atoms with Gasteiger partial charge in [-0.15, -0.1) is 0 Å². The zero-order valence-corrected chi connectivity index (χ0v) is 19.9. The highest BCUT2D eigenvalue weighted by atomic mass is 32.2. The van der Waals surface area contributed by atoms with Gasteiger partial charge in [0.15, 0.2) is 0 Å². The van der Waals surface area contributed by atoms with Crippen LogP contribution in [0.15, 0.2) is 18.5 Å². The number of hydrogen-bond acceptors (Lipinski definition) is 8. The van der Waals surface area contributed by atoms with Crippen LogP contribution >= 0.6 is 11.8 Å². The Morgan fingerprint density at radius 2 is 1.91 bits per heavy atom. The monoisotopic (exact) mass is 464 g/mol. The third-order valence-electron chi connectivity index (χ3n) is 7.94. The third-order valence-corrected chi connectivity index (χ3v) is 8.88. The summed E-state index contributed by atoms with van der Waals surface area (Å²) in [4.78, 5) is 14.4. The molecule has 7 rings (SSSR count). The molecule has 1 aromatic carbocycles. The Labute approximate surface area is 199 Å². The van der Waals surface area contributed by atoms with Crippen molar-refractivity contribution in [2.75, 3.05) is 61.0 Å². The fourth-order valence-electron chi connectivity index (χ4n) is 5.80. The summed E-state index contributed by atoms with van der Waals surface area (Å²) < 4.78 is 6.53. The van der Waals surface area contributed by atoms with E-state index in [1.165, 1.54) is 43.5 Å². The van der Waals surface area contributed by atoms with Gasteiger partial charge in [-0.05, 0) is 48.9 Å². The first-order chi connectivity index (χ1) is 16.3. The molecular formula is C25H32N6OS. The smallest absolute Gasteiger partial charge is 0.146 e. The Hall–Kier alpha value is -2.03. The predicted octanol–water partition coefficient (Wildman–Crippen LogP) is 3.30. The quantitative estimate of drug-likeness (QED) is 0.715. The molecule has 33 heavy (non-hydrogen) atoms. The number of anilines is 3. The topological polar surface area (TPSA) is 65.5 Å². The van der Waals surface area contributed by atoms with Gasteiger partial charge < -0.3 is 20.3 Å². The first-order valence-electron chi connectivity index (χ1n) is 12.5. The number of ether oxygens (including phenoxy) is 1. The van der Waals surface area contributed by atoms with Crippen molar-refractivity contribution in [3.63, 3.8) is 0 Å². The molecule has 5 heterocycles. The normalized spacial score (nSPS) is 25.5. The number of nitrogens with zero attached hydrogens (tertiary/aromatic N) is 4. The second-order valence-electron chi connectivity index (χ2n) is 10.1. The fraction of sp³-hybridized carbons (Fsp3) is 0.600. The molecule has 0 amide bonds. The van der Waals surface area contributed by atoms with Crippen molar-refractivity contribution in [2.45, 2.75) is 43.7 Å². The second-order valence-corrected chi connectivity index (χ2v) is 11.3. The van der Waals surface area contributed by atoms with E-state index in [2.05, 4.69) is 42.5 Å². The van der Waals surface area contributed by atoms with Crippen molar-refractivity contribution < 1.29 is 4.74 Å². The average molecular weight is 465 g/mol. The van der Waals surface area contributed by atoms with E-state index in [1.807, 2.05) is 11.8 Å². The lowest BCUT2D eigenvalue weighted by Crippen LogP contribution is -2.51. The highest BCUT2D eigenvalue weighted by Crippen LogP contribution is 2.50. The Morgan fingerprint density at radius 3 is 2.70 bits per heavy atom. The lowest BCUT2D eigenvalue weighted by molar-refractivity contribution is 0.101. The third kappa shape index (κ3) is 3.76. The summed E-state index contributed by atoms with van der Waals surface area (Å²) in [6.45, 7) is 7.25. The van der Waals surface area contributed by atoms with Crippen LogP contribution in [-0.2, 0) is 6.61 Å². The van der Waals surface area contributed by atoms with Gasteiger partial charge in [0.2, 0.25) is 0 Å². The van der Waals surface area contributed by atoms with Gasteiger partial charge in [-0.3, -0.25) is 4.90 Å². The number of fused-ring (bicyclic) bond motifs is 2. The molecule has 1 atom stereocenters. The molecule has 1 saturated carbocycles. The van der Waals surface area contributed by atoms with E-state index in [0.29, 0.717) is 18.4 Å². The van der Waals surface area contributed by atoms with Crippen LogP contribution in [0.4, 0.5) is 17.3 Å². The van der Waals surface area contributed by atoms with Gasteiger partial charge in [-0.25, -0.2) is 9.97 Å². The number of thioether (sulfide) groups is 1. The molecule has 4 fully saturated rings. The van der Waals surface area contributed by atoms with Crippen LogP contribution < -0.4 is 20.3 Å². The molecule has 3 saturated heterocycles. The minimum Gasteiger partial charge on any atom is -0.486 e. The largest absolute Gasteiger partial charge is 0.486 e. The van der Waals surface area contributed by atoms with Crippen molar-refractivity contribution in [2.24, 2.45) is 0 Å². The number of hydrogen-bond donors (Lipinski definition) is 2. The van der Waals surface area contributed by atoms with Gasteiger partial charge in [0.05, 0.1) is 11.3 Å². The molecule has 0 spiro atoms. The number of aromatic nitrogens is 2. The molecule has 4 aliphatic heterocycles. The highest BCUT2D eigenvalue weighted by Gasteiger charge is 2.37. The van der Waals surface area contributed by atoms with Crippen LogP contribution in [-0.4, -0.2) is 71.7 Å². The fourth-order valence-corrected chi connectivity index (χ4v) is 6.70. The highest BCUT2D eigenvalue weighted by molar-refractivity contribution is 7.99. The van der Waals surface area contributed by atoms with E-state index in [9.17, 15) is 0 Å². The second kappa shape index (κ2) is 8.32. The van der Waals surface area contributed by atoms with E-state index in [-0.39, 0.29) is 0 Å². The molecular weight excluding hydrogens is 432 g/mol. The van der Waals surface area contributed by atoms with Crippen molar-refractivity contribution in [1.29, 1.82) is 0 Å². The number of rotatable bonds is 4. The lowest BCUT2D eigenvalue weighted by atomic mass is 9.87. The van der Waals surface area contributed by atoms with Gasteiger partial charge >= 0.3 is 0 Å². The average Bonchev–Trinajstić information content (AvgIpc) is 3.57. The van der Waals surface area contributed by atoms with Gasteiger partial charge in [-0.2, -0.15) is 11.8 Å². The van der Waals surface area contributed by atoms with Crippen molar-refractivity contribution >= 4 is 29.1 Å². The molecule has 5 aliphatic rings. The molecule has 1 aromatic heterocycles. The van der Waals surface area contributed by atoms with Gasteiger partial charge in [0.25, 0.3) is 0 Å². The zero-order valence-electron chi connectivity index (χ0n) is 19.1. The summed E-state index contributed by atoms with van der Waals surface area (Å²) in [5.74, 6) is 6.54. The Bertz CT molecular complexity index is 1040. The predicted molar refractivity (Wildman–Crippen MR) is 133 cm³/mol. The summed E-state index contributed by atoms with van der Waals surface area (Å²) in [5, 5.41) is 7.19. The van der Waals surface area contributed by atoms with Crippen molar-refractivity contribution in [1.82, 2.24) is 20.2 Å². The number of benzene rings is 1. The van der Waals surface area contributed by atoms with Crippen molar-refractivity contribution in [3.05, 3.63) is 35.2 Å². The molecule has 0 bridgehead atoms. The van der Waals surface area contributed by atoms with E-state index >= 15 is 0 Å². The zero-order chi connectivity index (χ0) is 21.8. The Morgan fingerprint density at radius 1 is 1.03 bits per heavy atom. The minimum absolute atomic E-state index is 0.528. The Balaban J connectivity index is 1.19. The minimum atomic E-state index is 0.528. The SMILES string of the molecule is c1nc2c(c(N3CCSCC3)n1)COc1c(cc(C3CN(C4CCNC4)C3)cc1C1CC1)N2. The lowest BCUT2D eigenvalue weighted by Gasteiger charge is -2.43.